The van der Waals surface area contributed by atoms with E-state index in [1.165, 1.54) is 11.3 Å². The van der Waals surface area contributed by atoms with Gasteiger partial charge in [-0.15, -0.1) is 21.8 Å². The lowest BCUT2D eigenvalue weighted by molar-refractivity contribution is 0.751. The standard InChI is InChI=1S/C7H12ClN3S/c1-2-3-6(8)4-9-7-11-10-5-12-7/h5-6H,2-4H2,1H3,(H,9,11). The first-order valence-electron chi connectivity index (χ1n) is 3.97. The van der Waals surface area contributed by atoms with Crippen LogP contribution in [0.5, 0.6) is 0 Å². The highest BCUT2D eigenvalue weighted by Gasteiger charge is 2.03. The molecule has 1 rings (SSSR count). The summed E-state index contributed by atoms with van der Waals surface area (Å²) in [5.41, 5.74) is 1.70. The Hall–Kier alpha value is -0.350. The van der Waals surface area contributed by atoms with Gasteiger partial charge in [-0.2, -0.15) is 0 Å². The first-order chi connectivity index (χ1) is 5.83. The van der Waals surface area contributed by atoms with Crippen molar-refractivity contribution in [3.05, 3.63) is 5.51 Å². The fourth-order valence-electron chi connectivity index (χ4n) is 0.863. The highest BCUT2D eigenvalue weighted by molar-refractivity contribution is 7.13. The van der Waals surface area contributed by atoms with Gasteiger partial charge in [0, 0.05) is 6.54 Å². The first kappa shape index (κ1) is 9.74. The van der Waals surface area contributed by atoms with Crippen molar-refractivity contribution in [3.8, 4) is 0 Å². The summed E-state index contributed by atoms with van der Waals surface area (Å²) in [7, 11) is 0. The van der Waals surface area contributed by atoms with Crippen LogP contribution in [0, 0.1) is 0 Å². The van der Waals surface area contributed by atoms with Crippen molar-refractivity contribution in [2.75, 3.05) is 11.9 Å². The summed E-state index contributed by atoms with van der Waals surface area (Å²) in [6.45, 7) is 2.89. The summed E-state index contributed by atoms with van der Waals surface area (Å²) in [6.07, 6.45) is 2.15. The molecule has 0 bridgehead atoms. The molecule has 1 N–H and O–H groups in total. The van der Waals surface area contributed by atoms with E-state index in [0.29, 0.717) is 0 Å². The van der Waals surface area contributed by atoms with Gasteiger partial charge in [0.05, 0.1) is 5.38 Å². The molecule has 0 amide bonds. The summed E-state index contributed by atoms with van der Waals surface area (Å²) in [6, 6.07) is 0. The van der Waals surface area contributed by atoms with Gasteiger partial charge >= 0.3 is 0 Å². The van der Waals surface area contributed by atoms with E-state index in [-0.39, 0.29) is 5.38 Å². The van der Waals surface area contributed by atoms with Crippen LogP contribution in [0.25, 0.3) is 0 Å². The van der Waals surface area contributed by atoms with Crippen LogP contribution in [0.1, 0.15) is 19.8 Å². The van der Waals surface area contributed by atoms with Gasteiger partial charge in [-0.05, 0) is 6.42 Å². The van der Waals surface area contributed by atoms with E-state index in [9.17, 15) is 0 Å². The second kappa shape index (κ2) is 5.32. The zero-order valence-corrected chi connectivity index (χ0v) is 8.53. The van der Waals surface area contributed by atoms with Crippen molar-refractivity contribution in [1.29, 1.82) is 0 Å². The largest absolute Gasteiger partial charge is 0.359 e. The van der Waals surface area contributed by atoms with Gasteiger partial charge < -0.3 is 5.32 Å². The Labute approximate surface area is 81.2 Å². The van der Waals surface area contributed by atoms with Crippen LogP contribution in [0.3, 0.4) is 0 Å². The number of nitrogens with one attached hydrogen (secondary N) is 1. The summed E-state index contributed by atoms with van der Waals surface area (Å²) < 4.78 is 0. The third-order valence-electron chi connectivity index (χ3n) is 1.44. The number of alkyl halides is 1. The zero-order chi connectivity index (χ0) is 8.81. The molecule has 0 saturated heterocycles. The van der Waals surface area contributed by atoms with Crippen LogP contribution in [0.2, 0.25) is 0 Å². The van der Waals surface area contributed by atoms with Gasteiger partial charge in [0.15, 0.2) is 0 Å². The fraction of sp³-hybridized carbons (Fsp3) is 0.714. The smallest absolute Gasteiger partial charge is 0.205 e. The lowest BCUT2D eigenvalue weighted by Crippen LogP contribution is -2.13. The van der Waals surface area contributed by atoms with Crippen LogP contribution >= 0.6 is 22.9 Å². The number of rotatable bonds is 5. The number of halogens is 1. The minimum absolute atomic E-state index is 0.193. The van der Waals surface area contributed by atoms with Crippen molar-refractivity contribution >= 4 is 28.1 Å². The van der Waals surface area contributed by atoms with Crippen LogP contribution in [0.4, 0.5) is 5.13 Å². The monoisotopic (exact) mass is 205 g/mol. The molecule has 0 aromatic carbocycles. The molecular weight excluding hydrogens is 194 g/mol. The molecule has 0 saturated carbocycles. The topological polar surface area (TPSA) is 37.8 Å². The quantitative estimate of drug-likeness (QED) is 0.750. The third kappa shape index (κ3) is 3.36. The summed E-state index contributed by atoms with van der Waals surface area (Å²) >= 11 is 7.48. The Morgan fingerprint density at radius 3 is 3.17 bits per heavy atom. The highest BCUT2D eigenvalue weighted by Crippen LogP contribution is 2.10. The predicted molar refractivity (Wildman–Crippen MR) is 52.9 cm³/mol. The van der Waals surface area contributed by atoms with E-state index in [4.69, 9.17) is 11.6 Å². The van der Waals surface area contributed by atoms with E-state index in [1.54, 1.807) is 5.51 Å². The van der Waals surface area contributed by atoms with Crippen molar-refractivity contribution in [2.45, 2.75) is 25.1 Å². The number of hydrogen-bond donors (Lipinski definition) is 1. The Morgan fingerprint density at radius 1 is 1.75 bits per heavy atom. The van der Waals surface area contributed by atoms with E-state index in [2.05, 4.69) is 22.4 Å². The maximum atomic E-state index is 5.99. The van der Waals surface area contributed by atoms with Crippen LogP contribution in [-0.4, -0.2) is 22.1 Å². The van der Waals surface area contributed by atoms with Gasteiger partial charge in [0.1, 0.15) is 5.51 Å². The van der Waals surface area contributed by atoms with Gasteiger partial charge in [-0.1, -0.05) is 24.7 Å². The minimum atomic E-state index is 0.193. The molecule has 1 unspecified atom stereocenters. The molecule has 1 heterocycles. The molecule has 0 aliphatic carbocycles. The normalized spacial score (nSPS) is 12.8. The SMILES string of the molecule is CCCC(Cl)CNc1nncs1. The maximum Gasteiger partial charge on any atom is 0.205 e. The number of aromatic nitrogens is 2. The molecule has 5 heteroatoms. The molecule has 68 valence electrons. The highest BCUT2D eigenvalue weighted by atomic mass is 35.5. The number of hydrogen-bond acceptors (Lipinski definition) is 4. The lowest BCUT2D eigenvalue weighted by Gasteiger charge is -2.07. The predicted octanol–water partition coefficient (Wildman–Crippen LogP) is 2.36. The molecule has 1 atom stereocenters. The average molecular weight is 206 g/mol. The van der Waals surface area contributed by atoms with Crippen molar-refractivity contribution in [1.82, 2.24) is 10.2 Å². The maximum absolute atomic E-state index is 5.99. The molecule has 1 aromatic rings. The van der Waals surface area contributed by atoms with E-state index < -0.39 is 0 Å². The lowest BCUT2D eigenvalue weighted by atomic mass is 10.2. The van der Waals surface area contributed by atoms with Gasteiger partial charge in [-0.3, -0.25) is 0 Å². The Morgan fingerprint density at radius 2 is 2.58 bits per heavy atom. The second-order valence-corrected chi connectivity index (χ2v) is 3.96. The summed E-state index contributed by atoms with van der Waals surface area (Å²) in [4.78, 5) is 0. The number of nitrogens with zero attached hydrogens (tertiary/aromatic N) is 2. The van der Waals surface area contributed by atoms with E-state index in [0.717, 1.165) is 24.5 Å². The molecule has 3 nitrogen and oxygen atoms in total. The van der Waals surface area contributed by atoms with Gasteiger partial charge in [0.2, 0.25) is 5.13 Å². The molecule has 12 heavy (non-hydrogen) atoms. The molecule has 0 aliphatic heterocycles. The van der Waals surface area contributed by atoms with Gasteiger partial charge in [-0.25, -0.2) is 0 Å². The van der Waals surface area contributed by atoms with Crippen LogP contribution in [0.15, 0.2) is 5.51 Å². The van der Waals surface area contributed by atoms with E-state index in [1.807, 2.05) is 0 Å². The Bertz CT molecular complexity index is 202. The van der Waals surface area contributed by atoms with E-state index >= 15 is 0 Å². The molecular formula is C7H12ClN3S. The Balaban J connectivity index is 2.17. The molecule has 1 aromatic heterocycles. The van der Waals surface area contributed by atoms with Gasteiger partial charge in [0.25, 0.3) is 0 Å². The average Bonchev–Trinajstić information content (AvgIpc) is 2.53. The molecule has 0 spiro atoms. The fourth-order valence-corrected chi connectivity index (χ4v) is 1.61. The first-order valence-corrected chi connectivity index (χ1v) is 5.28. The van der Waals surface area contributed by atoms with Crippen molar-refractivity contribution in [3.63, 3.8) is 0 Å². The minimum Gasteiger partial charge on any atom is -0.359 e. The number of anilines is 1. The summed E-state index contributed by atoms with van der Waals surface area (Å²) in [5.74, 6) is 0. The zero-order valence-electron chi connectivity index (χ0n) is 6.96. The van der Waals surface area contributed by atoms with Crippen molar-refractivity contribution in [2.24, 2.45) is 0 Å². The molecule has 0 radical (unpaired) electrons. The third-order valence-corrected chi connectivity index (χ3v) is 2.46. The van der Waals surface area contributed by atoms with Crippen molar-refractivity contribution < 1.29 is 0 Å². The second-order valence-electron chi connectivity index (χ2n) is 2.51. The summed E-state index contributed by atoms with van der Waals surface area (Å²) in [5, 5.41) is 11.7. The van der Waals surface area contributed by atoms with Crippen LogP contribution in [-0.2, 0) is 0 Å². The van der Waals surface area contributed by atoms with Crippen LogP contribution < -0.4 is 5.32 Å². The Kier molecular flexibility index (Phi) is 4.32. The molecule has 0 aliphatic rings. The molecule has 0 fully saturated rings.